The molecule has 1 aromatic heterocycles. The number of aromatic nitrogens is 2. The van der Waals surface area contributed by atoms with Gasteiger partial charge in [-0.3, -0.25) is 4.79 Å². The van der Waals surface area contributed by atoms with Gasteiger partial charge in [-0.2, -0.15) is 9.37 Å². The van der Waals surface area contributed by atoms with Crippen LogP contribution in [0.25, 0.3) is 0 Å². The fourth-order valence-electron chi connectivity index (χ4n) is 2.75. The molecular weight excluding hydrogens is 361 g/mol. The Morgan fingerprint density at radius 2 is 1.89 bits per heavy atom. The van der Waals surface area contributed by atoms with Crippen molar-refractivity contribution in [3.63, 3.8) is 0 Å². The van der Waals surface area contributed by atoms with Crippen molar-refractivity contribution in [2.75, 3.05) is 12.4 Å². The van der Waals surface area contributed by atoms with E-state index in [0.717, 1.165) is 24.4 Å². The number of hydrogen-bond acceptors (Lipinski definition) is 5. The third-order valence-electron chi connectivity index (χ3n) is 4.04. The van der Waals surface area contributed by atoms with Crippen molar-refractivity contribution in [1.29, 1.82) is 0 Å². The molecule has 0 atom stereocenters. The summed E-state index contributed by atoms with van der Waals surface area (Å²) in [7, 11) is 1.53. The van der Waals surface area contributed by atoms with Crippen LogP contribution in [-0.4, -0.2) is 22.6 Å². The lowest BCUT2D eigenvalue weighted by molar-refractivity contribution is 0.387. The first-order valence-corrected chi connectivity index (χ1v) is 8.16. The summed E-state index contributed by atoms with van der Waals surface area (Å²) in [6.07, 6.45) is 2.06. The summed E-state index contributed by atoms with van der Waals surface area (Å²) in [4.78, 5) is 19.6. The highest BCUT2D eigenvalue weighted by Gasteiger charge is 2.16. The van der Waals surface area contributed by atoms with E-state index < -0.39 is 23.0 Å². The Morgan fingerprint density at radius 3 is 2.52 bits per heavy atom. The minimum Gasteiger partial charge on any atom is -0.484 e. The number of ether oxygens (including phenoxy) is 1. The van der Waals surface area contributed by atoms with Crippen LogP contribution < -0.4 is 10.9 Å². The van der Waals surface area contributed by atoms with Crippen LogP contribution in [-0.2, 0) is 11.3 Å². The summed E-state index contributed by atoms with van der Waals surface area (Å²) in [5, 5.41) is 2.98. The van der Waals surface area contributed by atoms with Gasteiger partial charge in [0.1, 0.15) is 11.6 Å². The zero-order chi connectivity index (χ0) is 19.6. The standard InChI is InChI=1S/C18H17F3N4O2/c1-10-15(3-4-16(22-10)27-2)23-18-24-17(26)14(21)9-25(18)8-11-5-12(19)7-13(20)6-11/h5-7,9H,3-4,8H2,1-2H3,(H,23,24,26). The summed E-state index contributed by atoms with van der Waals surface area (Å²) in [6, 6.07) is 3.00. The van der Waals surface area contributed by atoms with Gasteiger partial charge >= 0.3 is 5.56 Å². The molecule has 2 heterocycles. The van der Waals surface area contributed by atoms with Crippen LogP contribution in [0.3, 0.4) is 0 Å². The van der Waals surface area contributed by atoms with Crippen molar-refractivity contribution in [3.8, 4) is 0 Å². The smallest absolute Gasteiger partial charge is 0.310 e. The van der Waals surface area contributed by atoms with Crippen LogP contribution in [0, 0.1) is 17.5 Å². The summed E-state index contributed by atoms with van der Waals surface area (Å²) in [6.45, 7) is 1.68. The number of methoxy groups -OCH3 is 1. The molecule has 0 saturated carbocycles. The molecule has 0 radical (unpaired) electrons. The van der Waals surface area contributed by atoms with Crippen LogP contribution in [0.2, 0.25) is 0 Å². The zero-order valence-corrected chi connectivity index (χ0v) is 14.7. The lowest BCUT2D eigenvalue weighted by atomic mass is 10.1. The predicted molar refractivity (Wildman–Crippen MR) is 93.9 cm³/mol. The first-order chi connectivity index (χ1) is 12.9. The van der Waals surface area contributed by atoms with Crippen LogP contribution >= 0.6 is 0 Å². The number of benzene rings is 1. The van der Waals surface area contributed by atoms with E-state index in [0.29, 0.717) is 30.1 Å². The Morgan fingerprint density at radius 1 is 1.19 bits per heavy atom. The minimum absolute atomic E-state index is 0.0523. The second kappa shape index (κ2) is 7.65. The van der Waals surface area contributed by atoms with Crippen molar-refractivity contribution in [2.45, 2.75) is 26.3 Å². The van der Waals surface area contributed by atoms with Crippen LogP contribution in [0.1, 0.15) is 25.3 Å². The van der Waals surface area contributed by atoms with Crippen LogP contribution in [0.4, 0.5) is 19.1 Å². The van der Waals surface area contributed by atoms with Gasteiger partial charge in [-0.05, 0) is 31.0 Å². The van der Waals surface area contributed by atoms with E-state index in [9.17, 15) is 18.0 Å². The summed E-state index contributed by atoms with van der Waals surface area (Å²) < 4.78 is 47.0. The predicted octanol–water partition coefficient (Wildman–Crippen LogP) is 3.19. The molecule has 1 aliphatic rings. The molecule has 0 bridgehead atoms. The molecule has 1 N–H and O–H groups in total. The van der Waals surface area contributed by atoms with Gasteiger partial charge < -0.3 is 14.6 Å². The topological polar surface area (TPSA) is 68.5 Å². The molecular formula is C18H17F3N4O2. The van der Waals surface area contributed by atoms with E-state index in [4.69, 9.17) is 4.74 Å². The number of rotatable bonds is 4. The van der Waals surface area contributed by atoms with Gasteiger partial charge in [0.2, 0.25) is 11.8 Å². The van der Waals surface area contributed by atoms with Gasteiger partial charge in [-0.15, -0.1) is 0 Å². The third kappa shape index (κ3) is 4.36. The molecule has 0 amide bonds. The van der Waals surface area contributed by atoms with E-state index in [1.54, 1.807) is 6.92 Å². The van der Waals surface area contributed by atoms with E-state index in [1.807, 2.05) is 0 Å². The fourth-order valence-corrected chi connectivity index (χ4v) is 2.75. The molecule has 0 spiro atoms. The number of hydrogen-bond donors (Lipinski definition) is 1. The monoisotopic (exact) mass is 378 g/mol. The lowest BCUT2D eigenvalue weighted by Gasteiger charge is -2.20. The maximum Gasteiger partial charge on any atom is 0.310 e. The van der Waals surface area contributed by atoms with E-state index >= 15 is 0 Å². The molecule has 0 aliphatic carbocycles. The molecule has 3 rings (SSSR count). The first-order valence-electron chi connectivity index (χ1n) is 8.16. The fraction of sp³-hybridized carbons (Fsp3) is 0.278. The number of anilines is 1. The van der Waals surface area contributed by atoms with Crippen LogP contribution in [0.5, 0.6) is 0 Å². The second-order valence-corrected chi connectivity index (χ2v) is 6.02. The summed E-state index contributed by atoms with van der Waals surface area (Å²) in [5.41, 5.74) is 0.553. The Hall–Kier alpha value is -3.10. The number of aliphatic imine (C=N–C) groups is 1. The van der Waals surface area contributed by atoms with Gasteiger partial charge in [0.25, 0.3) is 0 Å². The van der Waals surface area contributed by atoms with Crippen LogP contribution in [0.15, 0.2) is 45.6 Å². The molecule has 27 heavy (non-hydrogen) atoms. The minimum atomic E-state index is -1.06. The highest BCUT2D eigenvalue weighted by atomic mass is 19.1. The second-order valence-electron chi connectivity index (χ2n) is 6.02. The van der Waals surface area contributed by atoms with Crippen molar-refractivity contribution in [3.05, 3.63) is 69.2 Å². The van der Waals surface area contributed by atoms with Crippen molar-refractivity contribution in [2.24, 2.45) is 4.99 Å². The maximum atomic E-state index is 13.8. The average Bonchev–Trinajstić information content (AvgIpc) is 2.60. The molecule has 1 aromatic carbocycles. The Labute approximate surface area is 153 Å². The third-order valence-corrected chi connectivity index (χ3v) is 4.04. The van der Waals surface area contributed by atoms with Crippen molar-refractivity contribution in [1.82, 2.24) is 9.55 Å². The number of allylic oxidation sites excluding steroid dienone is 2. The van der Waals surface area contributed by atoms with Crippen molar-refractivity contribution >= 4 is 11.8 Å². The number of nitrogens with one attached hydrogen (secondary N) is 1. The molecule has 6 nitrogen and oxygen atoms in total. The Kier molecular flexibility index (Phi) is 5.29. The van der Waals surface area contributed by atoms with Gasteiger partial charge in [0.05, 0.1) is 19.4 Å². The SMILES string of the molecule is COC1=NC(C)=C(Nc2nc(=O)c(F)cn2Cc2cc(F)cc(F)c2)CC1. The zero-order valence-electron chi connectivity index (χ0n) is 14.7. The molecule has 0 fully saturated rings. The highest BCUT2D eigenvalue weighted by molar-refractivity contribution is 5.78. The Balaban J connectivity index is 1.97. The first kappa shape index (κ1) is 18.7. The van der Waals surface area contributed by atoms with Gasteiger partial charge in [0, 0.05) is 24.4 Å². The normalized spacial score (nSPS) is 14.2. The highest BCUT2D eigenvalue weighted by Crippen LogP contribution is 2.21. The molecule has 0 saturated heterocycles. The van der Waals surface area contributed by atoms with E-state index in [2.05, 4.69) is 15.3 Å². The van der Waals surface area contributed by atoms with E-state index in [-0.39, 0.29) is 18.1 Å². The van der Waals surface area contributed by atoms with Gasteiger partial charge in [-0.1, -0.05) is 0 Å². The lowest BCUT2D eigenvalue weighted by Crippen LogP contribution is -2.22. The molecule has 142 valence electrons. The molecule has 9 heteroatoms. The average molecular weight is 378 g/mol. The number of halogens is 3. The maximum absolute atomic E-state index is 13.8. The van der Waals surface area contributed by atoms with E-state index in [1.165, 1.54) is 11.7 Å². The largest absolute Gasteiger partial charge is 0.484 e. The quantitative estimate of drug-likeness (QED) is 0.887. The molecule has 1 aliphatic heterocycles. The van der Waals surface area contributed by atoms with Gasteiger partial charge in [0.15, 0.2) is 5.90 Å². The Bertz CT molecular complexity index is 978. The summed E-state index contributed by atoms with van der Waals surface area (Å²) >= 11 is 0. The number of nitrogens with zero attached hydrogens (tertiary/aromatic N) is 3. The van der Waals surface area contributed by atoms with Crippen molar-refractivity contribution < 1.29 is 17.9 Å². The summed E-state index contributed by atoms with van der Waals surface area (Å²) in [5.74, 6) is -1.93. The molecule has 2 aromatic rings. The molecule has 0 unspecified atom stereocenters. The van der Waals surface area contributed by atoms with Gasteiger partial charge in [-0.25, -0.2) is 13.8 Å².